The van der Waals surface area contributed by atoms with E-state index in [0.717, 1.165) is 22.4 Å². The molecule has 15 heavy (non-hydrogen) atoms. The maximum Gasteiger partial charge on any atom is 0.137 e. The number of ether oxygens (including phenoxy) is 2. The van der Waals surface area contributed by atoms with Crippen LogP contribution in [0.1, 0.15) is 5.56 Å². The van der Waals surface area contributed by atoms with Crippen molar-refractivity contribution in [2.45, 2.75) is 13.0 Å². The second-order valence-electron chi connectivity index (χ2n) is 3.44. The third kappa shape index (κ3) is 2.46. The van der Waals surface area contributed by atoms with E-state index in [4.69, 9.17) is 9.47 Å². The minimum atomic E-state index is 0.203. The first-order valence-electron chi connectivity index (χ1n) is 4.51. The average Bonchev–Trinajstić information content (AvgIpc) is 2.98. The normalized spacial score (nSPS) is 19.0. The van der Waals surface area contributed by atoms with Crippen LogP contribution in [0.4, 0.5) is 0 Å². The van der Waals surface area contributed by atoms with E-state index in [-0.39, 0.29) is 11.9 Å². The molecule has 1 aliphatic heterocycles. The lowest BCUT2D eigenvalue weighted by molar-refractivity contribution is 0.260. The summed E-state index contributed by atoms with van der Waals surface area (Å²) in [7, 11) is 0. The molecule has 1 aromatic rings. The van der Waals surface area contributed by atoms with Crippen molar-refractivity contribution in [3.63, 3.8) is 0 Å². The number of epoxide rings is 1. The van der Waals surface area contributed by atoms with Gasteiger partial charge in [0, 0.05) is 0 Å². The number of benzene rings is 1. The van der Waals surface area contributed by atoms with Gasteiger partial charge >= 0.3 is 0 Å². The van der Waals surface area contributed by atoms with E-state index in [0.29, 0.717) is 11.1 Å². The standard InChI is InChI=1S/C10H10Br2O3/c1-5-2-7(13)8(11)9(12)10(5)15-4-6-3-14-6/h2,6,13H,3-4H2,1H3. The van der Waals surface area contributed by atoms with Crippen LogP contribution < -0.4 is 4.74 Å². The zero-order valence-electron chi connectivity index (χ0n) is 8.09. The number of phenols is 1. The van der Waals surface area contributed by atoms with Gasteiger partial charge in [-0.1, -0.05) is 0 Å². The highest BCUT2D eigenvalue weighted by molar-refractivity contribution is 9.13. The molecule has 0 aliphatic carbocycles. The lowest BCUT2D eigenvalue weighted by Crippen LogP contribution is -2.05. The molecule has 1 aromatic carbocycles. The van der Waals surface area contributed by atoms with E-state index < -0.39 is 0 Å². The Morgan fingerprint density at radius 3 is 2.80 bits per heavy atom. The Morgan fingerprint density at radius 1 is 1.53 bits per heavy atom. The maximum absolute atomic E-state index is 9.54. The van der Waals surface area contributed by atoms with Crippen LogP contribution in [0, 0.1) is 6.92 Å². The van der Waals surface area contributed by atoms with Gasteiger partial charge in [-0.25, -0.2) is 0 Å². The quantitative estimate of drug-likeness (QED) is 0.862. The van der Waals surface area contributed by atoms with Gasteiger partial charge in [-0.2, -0.15) is 0 Å². The van der Waals surface area contributed by atoms with Crippen LogP contribution in [0.2, 0.25) is 0 Å². The first-order chi connectivity index (χ1) is 7.09. The second kappa shape index (κ2) is 4.31. The third-order valence-corrected chi connectivity index (χ3v) is 4.24. The number of phenolic OH excluding ortho intramolecular Hbond substituents is 1. The van der Waals surface area contributed by atoms with Gasteiger partial charge < -0.3 is 14.6 Å². The van der Waals surface area contributed by atoms with Crippen molar-refractivity contribution in [3.05, 3.63) is 20.6 Å². The molecule has 1 fully saturated rings. The van der Waals surface area contributed by atoms with Gasteiger partial charge in [0.05, 0.1) is 15.6 Å². The van der Waals surface area contributed by atoms with Gasteiger partial charge in [0.2, 0.25) is 0 Å². The minimum Gasteiger partial charge on any atom is -0.507 e. The number of hydrogen-bond donors (Lipinski definition) is 1. The summed E-state index contributed by atoms with van der Waals surface area (Å²) < 4.78 is 12.0. The first-order valence-corrected chi connectivity index (χ1v) is 6.10. The Labute approximate surface area is 105 Å². The van der Waals surface area contributed by atoms with Crippen LogP contribution in [-0.4, -0.2) is 24.4 Å². The Bertz CT molecular complexity index is 389. The van der Waals surface area contributed by atoms with Crippen molar-refractivity contribution in [3.8, 4) is 11.5 Å². The topological polar surface area (TPSA) is 42.0 Å². The largest absolute Gasteiger partial charge is 0.507 e. The van der Waals surface area contributed by atoms with Crippen LogP contribution in [-0.2, 0) is 4.74 Å². The third-order valence-electron chi connectivity index (χ3n) is 2.14. The first kappa shape index (κ1) is 11.2. The molecule has 1 aliphatic rings. The van der Waals surface area contributed by atoms with E-state index in [1.165, 1.54) is 0 Å². The van der Waals surface area contributed by atoms with Crippen LogP contribution >= 0.6 is 31.9 Å². The SMILES string of the molecule is Cc1cc(O)c(Br)c(Br)c1OCC1CO1. The lowest BCUT2D eigenvalue weighted by atomic mass is 10.2. The van der Waals surface area contributed by atoms with Gasteiger partial charge in [0.25, 0.3) is 0 Å². The smallest absolute Gasteiger partial charge is 0.137 e. The fourth-order valence-corrected chi connectivity index (χ4v) is 2.16. The summed E-state index contributed by atoms with van der Waals surface area (Å²) in [5.74, 6) is 0.949. The average molecular weight is 338 g/mol. The summed E-state index contributed by atoms with van der Waals surface area (Å²) in [6.07, 6.45) is 0.226. The summed E-state index contributed by atoms with van der Waals surface area (Å²) in [6, 6.07) is 1.66. The summed E-state index contributed by atoms with van der Waals surface area (Å²) in [4.78, 5) is 0. The fourth-order valence-electron chi connectivity index (χ4n) is 1.24. The molecule has 0 radical (unpaired) electrons. The van der Waals surface area contributed by atoms with Crippen molar-refractivity contribution in [2.24, 2.45) is 0 Å². The van der Waals surface area contributed by atoms with E-state index in [9.17, 15) is 5.11 Å². The van der Waals surface area contributed by atoms with Crippen molar-refractivity contribution in [1.82, 2.24) is 0 Å². The predicted octanol–water partition coefficient (Wildman–Crippen LogP) is 3.00. The molecule has 3 nitrogen and oxygen atoms in total. The highest BCUT2D eigenvalue weighted by Gasteiger charge is 2.24. The number of aryl methyl sites for hydroxylation is 1. The molecular weight excluding hydrogens is 328 g/mol. The van der Waals surface area contributed by atoms with Crippen molar-refractivity contribution >= 4 is 31.9 Å². The Hall–Kier alpha value is -0.260. The van der Waals surface area contributed by atoms with Crippen molar-refractivity contribution in [1.29, 1.82) is 0 Å². The van der Waals surface area contributed by atoms with Gasteiger partial charge in [0.15, 0.2) is 0 Å². The molecule has 0 bridgehead atoms. The summed E-state index contributed by atoms with van der Waals surface area (Å²) in [5, 5.41) is 9.54. The highest BCUT2D eigenvalue weighted by atomic mass is 79.9. The number of aromatic hydroxyl groups is 1. The van der Waals surface area contributed by atoms with Gasteiger partial charge in [-0.05, 0) is 50.4 Å². The van der Waals surface area contributed by atoms with Gasteiger partial charge in [-0.15, -0.1) is 0 Å². The van der Waals surface area contributed by atoms with E-state index in [1.807, 2.05) is 6.92 Å². The molecular formula is C10H10Br2O3. The van der Waals surface area contributed by atoms with E-state index >= 15 is 0 Å². The maximum atomic E-state index is 9.54. The van der Waals surface area contributed by atoms with Crippen LogP contribution in [0.3, 0.4) is 0 Å². The minimum absolute atomic E-state index is 0.203. The van der Waals surface area contributed by atoms with Crippen LogP contribution in [0.15, 0.2) is 15.0 Å². The van der Waals surface area contributed by atoms with Gasteiger partial charge in [0.1, 0.15) is 24.2 Å². The second-order valence-corrected chi connectivity index (χ2v) is 5.02. The van der Waals surface area contributed by atoms with Crippen LogP contribution in [0.5, 0.6) is 11.5 Å². The zero-order valence-corrected chi connectivity index (χ0v) is 11.3. The highest BCUT2D eigenvalue weighted by Crippen LogP contribution is 2.41. The Balaban J connectivity index is 2.23. The van der Waals surface area contributed by atoms with Gasteiger partial charge in [-0.3, -0.25) is 0 Å². The molecule has 1 N–H and O–H groups in total. The molecule has 2 rings (SSSR count). The number of rotatable bonds is 3. The molecule has 1 atom stereocenters. The van der Waals surface area contributed by atoms with E-state index in [1.54, 1.807) is 6.07 Å². The summed E-state index contributed by atoms with van der Waals surface area (Å²) in [6.45, 7) is 3.21. The predicted molar refractivity (Wildman–Crippen MR) is 63.5 cm³/mol. The molecule has 82 valence electrons. The summed E-state index contributed by atoms with van der Waals surface area (Å²) in [5.41, 5.74) is 0.892. The molecule has 0 spiro atoms. The van der Waals surface area contributed by atoms with Crippen molar-refractivity contribution < 1.29 is 14.6 Å². The lowest BCUT2D eigenvalue weighted by Gasteiger charge is -2.12. The number of hydrogen-bond acceptors (Lipinski definition) is 3. The monoisotopic (exact) mass is 336 g/mol. The molecule has 0 aromatic heterocycles. The molecule has 1 heterocycles. The molecule has 0 amide bonds. The molecule has 1 unspecified atom stereocenters. The number of halogens is 2. The molecule has 0 saturated carbocycles. The summed E-state index contributed by atoms with van der Waals surface area (Å²) >= 11 is 6.66. The zero-order chi connectivity index (χ0) is 11.0. The van der Waals surface area contributed by atoms with Crippen LogP contribution in [0.25, 0.3) is 0 Å². The molecule has 1 saturated heterocycles. The Morgan fingerprint density at radius 2 is 2.20 bits per heavy atom. The van der Waals surface area contributed by atoms with E-state index in [2.05, 4.69) is 31.9 Å². The Kier molecular flexibility index (Phi) is 3.23. The van der Waals surface area contributed by atoms with Crippen molar-refractivity contribution in [2.75, 3.05) is 13.2 Å². The molecule has 5 heteroatoms. The fraction of sp³-hybridized carbons (Fsp3) is 0.400.